The van der Waals surface area contributed by atoms with Crippen LogP contribution in [0.15, 0.2) is 12.1 Å². The summed E-state index contributed by atoms with van der Waals surface area (Å²) in [5.41, 5.74) is 0.926. The number of ether oxygens (including phenoxy) is 1. The number of aliphatic carboxylic acids is 1. The van der Waals surface area contributed by atoms with Gasteiger partial charge < -0.3 is 20.5 Å². The van der Waals surface area contributed by atoms with Crippen LogP contribution in [-0.2, 0) is 9.59 Å². The minimum Gasteiger partial charge on any atom is -0.481 e. The molecule has 0 radical (unpaired) electrons. The molecule has 1 aliphatic rings. The third-order valence-electron chi connectivity index (χ3n) is 5.09. The third kappa shape index (κ3) is 5.24. The van der Waals surface area contributed by atoms with Crippen LogP contribution in [0.25, 0.3) is 0 Å². The van der Waals surface area contributed by atoms with E-state index < -0.39 is 18.1 Å². The van der Waals surface area contributed by atoms with E-state index in [-0.39, 0.29) is 11.8 Å². The molecule has 7 nitrogen and oxygen atoms in total. The van der Waals surface area contributed by atoms with Crippen LogP contribution in [-0.4, -0.2) is 41.6 Å². The van der Waals surface area contributed by atoms with E-state index in [2.05, 4.69) is 10.6 Å². The van der Waals surface area contributed by atoms with Crippen LogP contribution in [0.2, 0.25) is 0 Å². The summed E-state index contributed by atoms with van der Waals surface area (Å²) in [6, 6.07) is 3.33. The number of aryl methyl sites for hydroxylation is 2. The number of benzene rings is 1. The predicted molar refractivity (Wildman–Crippen MR) is 106 cm³/mol. The van der Waals surface area contributed by atoms with Gasteiger partial charge in [0.1, 0.15) is 11.3 Å². The Bertz CT molecular complexity index is 715. The summed E-state index contributed by atoms with van der Waals surface area (Å²) < 4.78 is 5.32. The standard InChI is InChI=1S/C21H30N2O5/c1-4-10-22-20(27)21(8-6-5-7-9-21)23-19(26)16-11-14(2)18(15(3)12-16)28-13-17(24)25/h11-12H,4-10,13H2,1-3H3,(H,22,27)(H,23,26)(H,24,25). The van der Waals surface area contributed by atoms with Crippen molar-refractivity contribution in [1.82, 2.24) is 10.6 Å². The van der Waals surface area contributed by atoms with Crippen LogP contribution in [0.3, 0.4) is 0 Å². The lowest BCUT2D eigenvalue weighted by atomic mass is 9.80. The molecule has 1 aromatic rings. The highest BCUT2D eigenvalue weighted by molar-refractivity contribution is 5.99. The van der Waals surface area contributed by atoms with E-state index in [0.717, 1.165) is 25.7 Å². The smallest absolute Gasteiger partial charge is 0.341 e. The first-order valence-corrected chi connectivity index (χ1v) is 9.85. The van der Waals surface area contributed by atoms with E-state index in [9.17, 15) is 14.4 Å². The van der Waals surface area contributed by atoms with E-state index in [1.807, 2.05) is 6.92 Å². The largest absolute Gasteiger partial charge is 0.481 e. The van der Waals surface area contributed by atoms with Crippen LogP contribution in [0.1, 0.15) is 66.9 Å². The summed E-state index contributed by atoms with van der Waals surface area (Å²) >= 11 is 0. The number of hydrogen-bond acceptors (Lipinski definition) is 4. The molecule has 2 rings (SSSR count). The maximum Gasteiger partial charge on any atom is 0.341 e. The van der Waals surface area contributed by atoms with E-state index in [0.29, 0.717) is 41.8 Å². The fourth-order valence-electron chi connectivity index (χ4n) is 3.70. The van der Waals surface area contributed by atoms with Crippen LogP contribution in [0, 0.1) is 13.8 Å². The van der Waals surface area contributed by atoms with Gasteiger partial charge in [0.05, 0.1) is 0 Å². The molecule has 1 saturated carbocycles. The van der Waals surface area contributed by atoms with Gasteiger partial charge in [0, 0.05) is 12.1 Å². The molecular weight excluding hydrogens is 360 g/mol. The molecule has 0 aliphatic heterocycles. The van der Waals surface area contributed by atoms with Crippen LogP contribution < -0.4 is 15.4 Å². The molecule has 0 bridgehead atoms. The van der Waals surface area contributed by atoms with Crippen molar-refractivity contribution in [2.75, 3.05) is 13.2 Å². The lowest BCUT2D eigenvalue weighted by Gasteiger charge is -2.36. The summed E-state index contributed by atoms with van der Waals surface area (Å²) in [6.45, 7) is 5.68. The van der Waals surface area contributed by atoms with Crippen molar-refractivity contribution in [2.45, 2.75) is 64.8 Å². The number of carboxylic acid groups (broad SMARTS) is 1. The van der Waals surface area contributed by atoms with Gasteiger partial charge in [0.15, 0.2) is 6.61 Å². The fraction of sp³-hybridized carbons (Fsp3) is 0.571. The zero-order valence-electron chi connectivity index (χ0n) is 16.9. The molecule has 0 atom stereocenters. The number of carbonyl (C=O) groups is 3. The predicted octanol–water partition coefficient (Wildman–Crippen LogP) is 2.73. The lowest BCUT2D eigenvalue weighted by Crippen LogP contribution is -2.59. The molecule has 0 heterocycles. The average molecular weight is 390 g/mol. The number of hydrogen-bond donors (Lipinski definition) is 3. The molecule has 28 heavy (non-hydrogen) atoms. The fourth-order valence-corrected chi connectivity index (χ4v) is 3.70. The first-order chi connectivity index (χ1) is 13.3. The van der Waals surface area contributed by atoms with Gasteiger partial charge in [-0.1, -0.05) is 26.2 Å². The summed E-state index contributed by atoms with van der Waals surface area (Å²) in [7, 11) is 0. The van der Waals surface area contributed by atoms with Gasteiger partial charge in [-0.05, 0) is 56.4 Å². The minimum atomic E-state index is -1.06. The number of carboxylic acids is 1. The molecule has 1 aliphatic carbocycles. The van der Waals surface area contributed by atoms with Crippen LogP contribution >= 0.6 is 0 Å². The van der Waals surface area contributed by atoms with E-state index in [1.165, 1.54) is 0 Å². The molecule has 0 unspecified atom stereocenters. The van der Waals surface area contributed by atoms with Crippen molar-refractivity contribution < 1.29 is 24.2 Å². The quantitative estimate of drug-likeness (QED) is 0.633. The molecule has 0 saturated heterocycles. The molecule has 154 valence electrons. The Labute approximate surface area is 165 Å². The van der Waals surface area contributed by atoms with E-state index in [4.69, 9.17) is 9.84 Å². The molecule has 1 fully saturated rings. The topological polar surface area (TPSA) is 105 Å². The summed E-state index contributed by atoms with van der Waals surface area (Å²) in [6.07, 6.45) is 4.97. The van der Waals surface area contributed by atoms with Crippen molar-refractivity contribution in [3.05, 3.63) is 28.8 Å². The van der Waals surface area contributed by atoms with Gasteiger partial charge in [-0.25, -0.2) is 4.79 Å². The molecule has 1 aromatic carbocycles. The van der Waals surface area contributed by atoms with Gasteiger partial charge in [0.25, 0.3) is 5.91 Å². The van der Waals surface area contributed by atoms with E-state index in [1.54, 1.807) is 26.0 Å². The third-order valence-corrected chi connectivity index (χ3v) is 5.09. The number of carbonyl (C=O) groups excluding carboxylic acids is 2. The van der Waals surface area contributed by atoms with Crippen LogP contribution in [0.4, 0.5) is 0 Å². The second-order valence-corrected chi connectivity index (χ2v) is 7.47. The Balaban J connectivity index is 2.21. The zero-order chi connectivity index (χ0) is 20.7. The Hall–Kier alpha value is -2.57. The molecular formula is C21H30N2O5. The number of nitrogens with one attached hydrogen (secondary N) is 2. The van der Waals surface area contributed by atoms with Crippen LogP contribution in [0.5, 0.6) is 5.75 Å². The normalized spacial score (nSPS) is 15.5. The summed E-state index contributed by atoms with van der Waals surface area (Å²) in [4.78, 5) is 36.5. The van der Waals surface area contributed by atoms with Gasteiger partial charge in [-0.2, -0.15) is 0 Å². The second kappa shape index (κ2) is 9.57. The van der Waals surface area contributed by atoms with Gasteiger partial charge in [-0.15, -0.1) is 0 Å². The Morgan fingerprint density at radius 2 is 1.71 bits per heavy atom. The second-order valence-electron chi connectivity index (χ2n) is 7.47. The van der Waals surface area contributed by atoms with Crippen molar-refractivity contribution in [3.8, 4) is 5.75 Å². The summed E-state index contributed by atoms with van der Waals surface area (Å²) in [5, 5.41) is 14.7. The van der Waals surface area contributed by atoms with Crippen molar-refractivity contribution in [2.24, 2.45) is 0 Å². The average Bonchev–Trinajstić information content (AvgIpc) is 2.65. The summed E-state index contributed by atoms with van der Waals surface area (Å²) in [5.74, 6) is -1.01. The monoisotopic (exact) mass is 390 g/mol. The lowest BCUT2D eigenvalue weighted by molar-refractivity contribution is -0.139. The van der Waals surface area contributed by atoms with Gasteiger partial charge in [0.2, 0.25) is 5.91 Å². The molecule has 0 spiro atoms. The molecule has 2 amide bonds. The first kappa shape index (κ1) is 21.7. The SMILES string of the molecule is CCCNC(=O)C1(NC(=O)c2cc(C)c(OCC(=O)O)c(C)c2)CCCCC1. The highest BCUT2D eigenvalue weighted by Crippen LogP contribution is 2.30. The minimum absolute atomic E-state index is 0.114. The van der Waals surface area contributed by atoms with Crippen molar-refractivity contribution in [3.63, 3.8) is 0 Å². The number of rotatable bonds is 8. The molecule has 0 aromatic heterocycles. The maximum atomic E-state index is 13.0. The number of amides is 2. The highest BCUT2D eigenvalue weighted by Gasteiger charge is 2.40. The first-order valence-electron chi connectivity index (χ1n) is 9.85. The molecule has 7 heteroatoms. The Morgan fingerprint density at radius 3 is 2.25 bits per heavy atom. The van der Waals surface area contributed by atoms with Gasteiger partial charge in [-0.3, -0.25) is 9.59 Å². The van der Waals surface area contributed by atoms with Crippen molar-refractivity contribution in [1.29, 1.82) is 0 Å². The van der Waals surface area contributed by atoms with Gasteiger partial charge >= 0.3 is 5.97 Å². The van der Waals surface area contributed by atoms with E-state index >= 15 is 0 Å². The zero-order valence-corrected chi connectivity index (χ0v) is 16.9. The molecule has 3 N–H and O–H groups in total. The van der Waals surface area contributed by atoms with Crippen molar-refractivity contribution >= 4 is 17.8 Å². The highest BCUT2D eigenvalue weighted by atomic mass is 16.5. The maximum absolute atomic E-state index is 13.0. The Morgan fingerprint density at radius 1 is 1.11 bits per heavy atom. The Kier molecular flexibility index (Phi) is 7.43.